The summed E-state index contributed by atoms with van der Waals surface area (Å²) in [6.07, 6.45) is 3.73. The van der Waals surface area contributed by atoms with Gasteiger partial charge in [0, 0.05) is 44.3 Å². The molecule has 0 spiro atoms. The number of aryl methyl sites for hydroxylation is 2. The number of H-pyrrole nitrogens is 2. The minimum absolute atomic E-state index is 0.551. The quantitative estimate of drug-likeness (QED) is 0.334. The summed E-state index contributed by atoms with van der Waals surface area (Å²) in [5.41, 5.74) is 7.18. The molecule has 5 aromatic heterocycles. The molecule has 0 aliphatic rings. The van der Waals surface area contributed by atoms with E-state index in [4.69, 9.17) is 15.2 Å². The van der Waals surface area contributed by atoms with E-state index in [0.717, 1.165) is 39.5 Å². The Morgan fingerprint density at radius 2 is 1.34 bits per heavy atom. The number of methoxy groups -OCH3 is 2. The lowest BCUT2D eigenvalue weighted by Crippen LogP contribution is -2.44. The van der Waals surface area contributed by atoms with Crippen LogP contribution in [0.5, 0.6) is 0 Å². The van der Waals surface area contributed by atoms with E-state index >= 15 is 0 Å². The van der Waals surface area contributed by atoms with Gasteiger partial charge in [0.1, 0.15) is 34.6 Å². The van der Waals surface area contributed by atoms with Gasteiger partial charge in [-0.2, -0.15) is 0 Å². The first-order chi connectivity index (χ1) is 16.7. The van der Waals surface area contributed by atoms with E-state index in [-0.39, 0.29) is 0 Å². The zero-order valence-corrected chi connectivity index (χ0v) is 21.2. The molecule has 0 radical (unpaired) electrons. The average molecular weight is 480 g/mol. The van der Waals surface area contributed by atoms with Crippen LogP contribution in [-0.4, -0.2) is 73.8 Å². The molecule has 11 heteroatoms. The zero-order chi connectivity index (χ0) is 25.6. The van der Waals surface area contributed by atoms with Gasteiger partial charge in [-0.15, -0.1) is 10.2 Å². The van der Waals surface area contributed by atoms with Crippen LogP contribution in [0.3, 0.4) is 0 Å². The first-order valence-electron chi connectivity index (χ1n) is 11.0. The summed E-state index contributed by atoms with van der Waals surface area (Å²) in [4.78, 5) is 16.5. The first kappa shape index (κ1) is 25.8. The van der Waals surface area contributed by atoms with Gasteiger partial charge >= 0.3 is 0 Å². The van der Waals surface area contributed by atoms with Gasteiger partial charge in [0.05, 0.1) is 0 Å². The fraction of sp³-hybridized carbons (Fsp3) is 0.333. The molecule has 0 aliphatic heterocycles. The average Bonchev–Trinajstić information content (AvgIpc) is 3.58. The Morgan fingerprint density at radius 1 is 0.829 bits per heavy atom. The molecule has 11 nitrogen and oxygen atoms in total. The third kappa shape index (κ3) is 6.01. The Morgan fingerprint density at radius 3 is 1.83 bits per heavy atom. The lowest BCUT2D eigenvalue weighted by molar-refractivity contribution is -0.270. The molecule has 0 atom stereocenters. The summed E-state index contributed by atoms with van der Waals surface area (Å²) >= 11 is 0. The molecule has 0 aromatic carbocycles. The van der Waals surface area contributed by atoms with E-state index in [2.05, 4.69) is 30.1 Å². The first-order valence-corrected chi connectivity index (χ1v) is 11.0. The Labute approximate surface area is 204 Å². The van der Waals surface area contributed by atoms with Crippen LogP contribution < -0.4 is 5.73 Å². The molecule has 0 unspecified atom stereocenters. The van der Waals surface area contributed by atoms with Crippen LogP contribution in [0.2, 0.25) is 0 Å². The van der Waals surface area contributed by atoms with Gasteiger partial charge in [-0.05, 0) is 64.3 Å². The number of pyridine rings is 2. The van der Waals surface area contributed by atoms with Crippen molar-refractivity contribution in [1.29, 1.82) is 0 Å². The maximum atomic E-state index is 5.45. The number of nitrogens with zero attached hydrogens (tertiary/aromatic N) is 6. The fourth-order valence-electron chi connectivity index (χ4n) is 3.24. The molecule has 186 valence electrons. The summed E-state index contributed by atoms with van der Waals surface area (Å²) < 4.78 is 12.0. The van der Waals surface area contributed by atoms with Crippen LogP contribution in [0, 0.1) is 13.8 Å². The Bertz CT molecular complexity index is 1350. The molecule has 0 bridgehead atoms. The highest BCUT2D eigenvalue weighted by Crippen LogP contribution is 2.15. The number of nitrogen functional groups attached to an aromatic ring is 1. The second-order valence-corrected chi connectivity index (χ2v) is 8.07. The van der Waals surface area contributed by atoms with E-state index in [1.807, 2.05) is 87.1 Å². The highest BCUT2D eigenvalue weighted by atomic mass is 16.7. The normalized spacial score (nSPS) is 11.3. The summed E-state index contributed by atoms with van der Waals surface area (Å²) in [5, 5.41) is 10.2. The number of nitrogens with one attached hydrogen (secondary N) is 2. The number of rotatable bonds is 4. The predicted octanol–water partition coefficient (Wildman–Crippen LogP) is 3.42. The van der Waals surface area contributed by atoms with E-state index in [1.54, 1.807) is 20.3 Å². The molecule has 5 rings (SSSR count). The maximum absolute atomic E-state index is 5.45. The summed E-state index contributed by atoms with van der Waals surface area (Å²) in [5.74, 6) is 2.50. The number of nitrogens with two attached hydrogens (primary N) is 1. The van der Waals surface area contributed by atoms with Gasteiger partial charge in [0.15, 0.2) is 0 Å². The smallest absolute Gasteiger partial charge is 0.225 e. The van der Waals surface area contributed by atoms with Gasteiger partial charge < -0.3 is 25.2 Å². The molecule has 4 N–H and O–H groups in total. The minimum atomic E-state index is -0.583. The van der Waals surface area contributed by atoms with Crippen molar-refractivity contribution in [2.24, 2.45) is 0 Å². The highest BCUT2D eigenvalue weighted by molar-refractivity contribution is 5.77. The Balaban J connectivity index is 0.000000157. The molecule has 0 saturated heterocycles. The van der Waals surface area contributed by atoms with Crippen LogP contribution in [0.25, 0.3) is 27.9 Å². The topological polar surface area (TPSA) is 136 Å². The van der Waals surface area contributed by atoms with Gasteiger partial charge in [-0.25, -0.2) is 9.97 Å². The SMILES string of the molecule is COC(C)(OC)N(C)C.Cc1nnc(C)n1-c1ccc2cc[nH]c2n1.Nc1ccc2cc[nH]c2n1. The van der Waals surface area contributed by atoms with Gasteiger partial charge in [-0.3, -0.25) is 9.47 Å². The van der Waals surface area contributed by atoms with Crippen LogP contribution in [0.15, 0.2) is 48.8 Å². The third-order valence-electron chi connectivity index (χ3n) is 5.61. The number of ether oxygens (including phenoxy) is 2. The van der Waals surface area contributed by atoms with Crippen molar-refractivity contribution in [2.75, 3.05) is 34.0 Å². The number of aromatic nitrogens is 7. The molecular formula is C24H33N9O2. The second-order valence-electron chi connectivity index (χ2n) is 8.07. The van der Waals surface area contributed by atoms with E-state index in [0.29, 0.717) is 5.82 Å². The number of hydrogen-bond donors (Lipinski definition) is 3. The van der Waals surface area contributed by atoms with Crippen LogP contribution in [-0.2, 0) is 9.47 Å². The molecule has 35 heavy (non-hydrogen) atoms. The summed E-state index contributed by atoms with van der Waals surface area (Å²) in [7, 11) is 7.02. The van der Waals surface area contributed by atoms with Crippen molar-refractivity contribution in [1.82, 2.24) is 39.6 Å². The van der Waals surface area contributed by atoms with Crippen molar-refractivity contribution in [2.45, 2.75) is 26.7 Å². The van der Waals surface area contributed by atoms with Gasteiger partial charge in [0.2, 0.25) is 5.91 Å². The maximum Gasteiger partial charge on any atom is 0.225 e. The Kier molecular flexibility index (Phi) is 8.18. The highest BCUT2D eigenvalue weighted by Gasteiger charge is 2.24. The third-order valence-corrected chi connectivity index (χ3v) is 5.61. The molecule has 5 aromatic rings. The lowest BCUT2D eigenvalue weighted by Gasteiger charge is -2.32. The molecule has 0 amide bonds. The van der Waals surface area contributed by atoms with Crippen molar-refractivity contribution in [3.8, 4) is 5.82 Å². The standard InChI is InChI=1S/C11H11N5.C7H7N3.C6H15NO2/c1-7-14-15-8(2)16(7)10-4-3-9-5-6-12-11(9)13-10;8-6-2-1-5-3-4-9-7(5)10-6;1-6(8-4,9-5)7(2)3/h3-6H,1-2H3,(H,12,13);1-4H,(H3,8,9,10);1-5H3. The molecule has 5 heterocycles. The number of anilines is 1. The molecule has 0 fully saturated rings. The van der Waals surface area contributed by atoms with E-state index in [1.165, 1.54) is 0 Å². The van der Waals surface area contributed by atoms with E-state index < -0.39 is 5.91 Å². The van der Waals surface area contributed by atoms with Crippen LogP contribution in [0.1, 0.15) is 18.6 Å². The predicted molar refractivity (Wildman–Crippen MR) is 137 cm³/mol. The van der Waals surface area contributed by atoms with Crippen molar-refractivity contribution in [3.05, 3.63) is 60.4 Å². The summed E-state index contributed by atoms with van der Waals surface area (Å²) in [6.45, 7) is 5.69. The van der Waals surface area contributed by atoms with Crippen molar-refractivity contribution >= 4 is 27.9 Å². The number of aromatic amines is 2. The fourth-order valence-corrected chi connectivity index (χ4v) is 3.24. The molecule has 0 aliphatic carbocycles. The Hall–Kier alpha value is -3.80. The number of fused-ring (bicyclic) bond motifs is 2. The monoisotopic (exact) mass is 479 g/mol. The second kappa shape index (κ2) is 11.1. The summed E-state index contributed by atoms with van der Waals surface area (Å²) in [6, 6.07) is 11.7. The van der Waals surface area contributed by atoms with E-state index in [9.17, 15) is 0 Å². The number of hydrogen-bond acceptors (Lipinski definition) is 8. The van der Waals surface area contributed by atoms with Crippen LogP contribution in [0.4, 0.5) is 5.82 Å². The van der Waals surface area contributed by atoms with Gasteiger partial charge in [0.25, 0.3) is 0 Å². The molecular weight excluding hydrogens is 446 g/mol. The van der Waals surface area contributed by atoms with Crippen LogP contribution >= 0.6 is 0 Å². The minimum Gasteiger partial charge on any atom is -0.384 e. The van der Waals surface area contributed by atoms with Crippen molar-refractivity contribution in [3.63, 3.8) is 0 Å². The van der Waals surface area contributed by atoms with Crippen molar-refractivity contribution < 1.29 is 9.47 Å². The zero-order valence-electron chi connectivity index (χ0n) is 21.2. The lowest BCUT2D eigenvalue weighted by atomic mass is 10.3. The molecule has 0 saturated carbocycles. The largest absolute Gasteiger partial charge is 0.384 e. The van der Waals surface area contributed by atoms with Gasteiger partial charge in [-0.1, -0.05) is 0 Å².